The predicted molar refractivity (Wildman–Crippen MR) is 108 cm³/mol. The van der Waals surface area contributed by atoms with E-state index in [0.29, 0.717) is 22.7 Å². The molecule has 0 radical (unpaired) electrons. The van der Waals surface area contributed by atoms with E-state index in [1.54, 1.807) is 26.0 Å². The largest absolute Gasteiger partial charge is 0.457 e. The molecule has 0 fully saturated rings. The summed E-state index contributed by atoms with van der Waals surface area (Å²) in [5.74, 6) is -0.0496. The Morgan fingerprint density at radius 2 is 1.79 bits per heavy atom. The first-order chi connectivity index (χ1) is 13.7. The average molecular weight is 414 g/mol. The topological polar surface area (TPSA) is 89.7 Å². The molecule has 2 aromatic carbocycles. The van der Waals surface area contributed by atoms with Crippen molar-refractivity contribution in [3.05, 3.63) is 76.7 Å². The third-order valence-corrected chi connectivity index (χ3v) is 6.44. The first kappa shape index (κ1) is 20.6. The van der Waals surface area contributed by atoms with Gasteiger partial charge in [0.2, 0.25) is 0 Å². The normalized spacial score (nSPS) is 11.3. The van der Waals surface area contributed by atoms with Crippen LogP contribution in [0, 0.1) is 20.8 Å². The van der Waals surface area contributed by atoms with Gasteiger partial charge in [-0.1, -0.05) is 28.9 Å². The number of esters is 1. The Kier molecular flexibility index (Phi) is 5.74. The average Bonchev–Trinajstić information content (AvgIpc) is 3.03. The van der Waals surface area contributed by atoms with Gasteiger partial charge in [0.15, 0.2) is 0 Å². The Labute approximate surface area is 169 Å². The Hall–Kier alpha value is -3.13. The molecule has 0 amide bonds. The van der Waals surface area contributed by atoms with Crippen molar-refractivity contribution in [3.63, 3.8) is 0 Å². The molecule has 0 unspecified atom stereocenters. The van der Waals surface area contributed by atoms with E-state index < -0.39 is 16.0 Å². The van der Waals surface area contributed by atoms with E-state index in [1.807, 2.05) is 19.1 Å². The number of carbonyl (C=O) groups excluding carboxylic acids is 1. The number of hydrogen-bond donors (Lipinski definition) is 0. The zero-order valence-corrected chi connectivity index (χ0v) is 17.5. The van der Waals surface area contributed by atoms with Crippen LogP contribution >= 0.6 is 0 Å². The molecule has 3 rings (SSSR count). The van der Waals surface area contributed by atoms with Crippen molar-refractivity contribution in [1.29, 1.82) is 0 Å². The second-order valence-electron chi connectivity index (χ2n) is 6.71. The van der Waals surface area contributed by atoms with Gasteiger partial charge in [0.1, 0.15) is 12.4 Å². The maximum atomic E-state index is 13.0. The Morgan fingerprint density at radius 3 is 2.41 bits per heavy atom. The van der Waals surface area contributed by atoms with E-state index in [2.05, 4.69) is 5.16 Å². The third-order valence-electron chi connectivity index (χ3n) is 4.65. The number of nitrogens with zero attached hydrogens (tertiary/aromatic N) is 2. The molecule has 8 heteroatoms. The number of anilines is 1. The third kappa shape index (κ3) is 4.32. The number of carbonyl (C=O) groups is 1. The minimum Gasteiger partial charge on any atom is -0.457 e. The van der Waals surface area contributed by atoms with Gasteiger partial charge in [-0.05, 0) is 51.1 Å². The fourth-order valence-electron chi connectivity index (χ4n) is 2.76. The molecule has 0 atom stereocenters. The van der Waals surface area contributed by atoms with Gasteiger partial charge in [-0.2, -0.15) is 0 Å². The summed E-state index contributed by atoms with van der Waals surface area (Å²) < 4.78 is 37.5. The van der Waals surface area contributed by atoms with Gasteiger partial charge in [-0.25, -0.2) is 13.2 Å². The van der Waals surface area contributed by atoms with Crippen LogP contribution in [-0.4, -0.2) is 26.6 Å². The van der Waals surface area contributed by atoms with E-state index in [9.17, 15) is 13.2 Å². The molecule has 7 nitrogen and oxygen atoms in total. The summed E-state index contributed by atoms with van der Waals surface area (Å²) >= 11 is 0. The quantitative estimate of drug-likeness (QED) is 0.570. The molecule has 0 saturated heterocycles. The predicted octanol–water partition coefficient (Wildman–Crippen LogP) is 3.78. The lowest BCUT2D eigenvalue weighted by molar-refractivity contribution is 0.0470. The fraction of sp³-hybridized carbons (Fsp3) is 0.238. The number of aryl methyl sites for hydroxylation is 3. The molecular formula is C21H22N2O5S. The molecule has 0 bridgehead atoms. The van der Waals surface area contributed by atoms with Crippen molar-refractivity contribution in [3.8, 4) is 0 Å². The number of sulfonamides is 1. The standard InChI is InChI=1S/C21H22N2O5S/c1-14-8-10-18(11-9-14)23(4)29(25,26)19-7-5-6-17(12-19)21(24)27-13-20-15(2)22-28-16(20)3/h5-12H,13H2,1-4H3. The first-order valence-corrected chi connectivity index (χ1v) is 10.4. The van der Waals surface area contributed by atoms with Crippen LogP contribution in [0.1, 0.15) is 32.9 Å². The summed E-state index contributed by atoms with van der Waals surface area (Å²) in [6.07, 6.45) is 0. The molecule has 0 aliphatic carbocycles. The van der Waals surface area contributed by atoms with Crippen LogP contribution in [0.25, 0.3) is 0 Å². The summed E-state index contributed by atoms with van der Waals surface area (Å²) in [4.78, 5) is 12.4. The van der Waals surface area contributed by atoms with Crippen LogP contribution in [-0.2, 0) is 21.4 Å². The minimum absolute atomic E-state index is 0.000245. The number of ether oxygens (including phenoxy) is 1. The minimum atomic E-state index is -3.83. The summed E-state index contributed by atoms with van der Waals surface area (Å²) in [7, 11) is -2.36. The lowest BCUT2D eigenvalue weighted by atomic mass is 10.2. The van der Waals surface area contributed by atoms with E-state index in [4.69, 9.17) is 9.26 Å². The Morgan fingerprint density at radius 1 is 1.10 bits per heavy atom. The second-order valence-corrected chi connectivity index (χ2v) is 8.68. The summed E-state index contributed by atoms with van der Waals surface area (Å²) in [5.41, 5.74) is 3.05. The van der Waals surface area contributed by atoms with Crippen LogP contribution in [0.3, 0.4) is 0 Å². The molecule has 0 aliphatic rings. The monoisotopic (exact) mass is 414 g/mol. The summed E-state index contributed by atoms with van der Waals surface area (Å²) in [5, 5.41) is 3.82. The Bertz CT molecular complexity index is 1110. The molecule has 1 heterocycles. The van der Waals surface area contributed by atoms with Crippen molar-refractivity contribution >= 4 is 21.7 Å². The van der Waals surface area contributed by atoms with Gasteiger partial charge in [0.25, 0.3) is 10.0 Å². The molecule has 0 N–H and O–H groups in total. The van der Waals surface area contributed by atoms with Gasteiger partial charge in [0, 0.05) is 7.05 Å². The molecular weight excluding hydrogens is 392 g/mol. The van der Waals surface area contributed by atoms with Gasteiger partial charge < -0.3 is 9.26 Å². The van der Waals surface area contributed by atoms with Gasteiger partial charge >= 0.3 is 5.97 Å². The molecule has 3 aromatic rings. The van der Waals surface area contributed by atoms with Crippen LogP contribution < -0.4 is 4.31 Å². The molecule has 29 heavy (non-hydrogen) atoms. The van der Waals surface area contributed by atoms with E-state index >= 15 is 0 Å². The molecule has 0 aliphatic heterocycles. The van der Waals surface area contributed by atoms with Crippen molar-refractivity contribution in [1.82, 2.24) is 5.16 Å². The zero-order chi connectivity index (χ0) is 21.2. The van der Waals surface area contributed by atoms with Gasteiger partial charge in [-0.3, -0.25) is 4.31 Å². The smallest absolute Gasteiger partial charge is 0.338 e. The van der Waals surface area contributed by atoms with E-state index in [-0.39, 0.29) is 17.1 Å². The second kappa shape index (κ2) is 8.08. The van der Waals surface area contributed by atoms with Crippen LogP contribution in [0.2, 0.25) is 0 Å². The fourth-order valence-corrected chi connectivity index (χ4v) is 4.01. The van der Waals surface area contributed by atoms with Crippen LogP contribution in [0.15, 0.2) is 57.9 Å². The van der Waals surface area contributed by atoms with Crippen LogP contribution in [0.5, 0.6) is 0 Å². The first-order valence-electron chi connectivity index (χ1n) is 8.94. The summed E-state index contributed by atoms with van der Waals surface area (Å²) in [6.45, 7) is 5.42. The van der Waals surface area contributed by atoms with Crippen molar-refractivity contribution in [2.45, 2.75) is 32.3 Å². The zero-order valence-electron chi connectivity index (χ0n) is 16.7. The van der Waals surface area contributed by atoms with Gasteiger partial charge in [-0.15, -0.1) is 0 Å². The van der Waals surface area contributed by atoms with E-state index in [1.165, 1.54) is 35.6 Å². The maximum Gasteiger partial charge on any atom is 0.338 e. The number of hydrogen-bond acceptors (Lipinski definition) is 6. The Balaban J connectivity index is 1.80. The molecule has 0 saturated carbocycles. The molecule has 1 aromatic heterocycles. The highest BCUT2D eigenvalue weighted by Gasteiger charge is 2.23. The van der Waals surface area contributed by atoms with Crippen LogP contribution in [0.4, 0.5) is 5.69 Å². The van der Waals surface area contributed by atoms with Crippen molar-refractivity contribution in [2.75, 3.05) is 11.4 Å². The lowest BCUT2D eigenvalue weighted by Crippen LogP contribution is -2.26. The molecule has 0 spiro atoms. The summed E-state index contributed by atoms with van der Waals surface area (Å²) in [6, 6.07) is 12.9. The SMILES string of the molecule is Cc1ccc(N(C)S(=O)(=O)c2cccc(C(=O)OCc3c(C)noc3C)c2)cc1. The highest BCUT2D eigenvalue weighted by atomic mass is 32.2. The van der Waals surface area contributed by atoms with Crippen molar-refractivity contribution < 1.29 is 22.5 Å². The highest BCUT2D eigenvalue weighted by Crippen LogP contribution is 2.23. The van der Waals surface area contributed by atoms with E-state index in [0.717, 1.165) is 5.56 Å². The number of rotatable bonds is 6. The lowest BCUT2D eigenvalue weighted by Gasteiger charge is -2.20. The highest BCUT2D eigenvalue weighted by molar-refractivity contribution is 7.92. The number of aromatic nitrogens is 1. The molecule has 152 valence electrons. The number of benzene rings is 2. The van der Waals surface area contributed by atoms with Crippen molar-refractivity contribution in [2.24, 2.45) is 0 Å². The van der Waals surface area contributed by atoms with Gasteiger partial charge in [0.05, 0.1) is 27.4 Å². The maximum absolute atomic E-state index is 13.0.